The molecule has 2 aliphatic heterocycles. The van der Waals surface area contributed by atoms with Gasteiger partial charge in [0.15, 0.2) is 5.76 Å². The second-order valence-corrected chi connectivity index (χ2v) is 8.82. The van der Waals surface area contributed by atoms with Crippen LogP contribution >= 0.6 is 0 Å². The average Bonchev–Trinajstić information content (AvgIpc) is 3.69. The lowest BCUT2D eigenvalue weighted by molar-refractivity contribution is -0.133. The molecule has 6 heterocycles. The summed E-state index contributed by atoms with van der Waals surface area (Å²) in [5.41, 5.74) is 6.16. The van der Waals surface area contributed by atoms with E-state index in [1.807, 2.05) is 11.0 Å². The molecular formula is C23H25N11O3. The number of fused-ring (bicyclic) bond motifs is 1. The Labute approximate surface area is 211 Å². The normalized spacial score (nSPS) is 17.9. The van der Waals surface area contributed by atoms with Crippen LogP contribution in [0.3, 0.4) is 0 Å². The van der Waals surface area contributed by atoms with E-state index < -0.39 is 6.04 Å². The number of nitrogens with one attached hydrogen (secondary N) is 1. The maximum absolute atomic E-state index is 13.5. The molecule has 14 nitrogen and oxygen atoms in total. The molecular weight excluding hydrogens is 478 g/mol. The summed E-state index contributed by atoms with van der Waals surface area (Å²) in [6.45, 7) is 2.37. The van der Waals surface area contributed by atoms with Crippen LogP contribution < -0.4 is 16.0 Å². The van der Waals surface area contributed by atoms with Crippen molar-refractivity contribution in [2.45, 2.75) is 18.9 Å². The number of hydrogen-bond acceptors (Lipinski definition) is 10. The molecule has 2 aliphatic rings. The fourth-order valence-corrected chi connectivity index (χ4v) is 4.66. The first-order valence-corrected chi connectivity index (χ1v) is 12.0. The molecule has 0 aliphatic carbocycles. The standard InChI is InChI=1S/C23H25N11O3/c24-20-28-21(29-22-27-18(30-34(20)22)16-6-4-14-37-16)33-9-3-5-15(33)19(35)31-10-12-32(13-11-31)23(36)26-17-7-1-2-8-25-17/h1-2,4,6-8,14-15H,3,5,9-13H2,(H,25,26,36)(H2,24,27,28,29,30)/t15-/m0/s1. The van der Waals surface area contributed by atoms with Gasteiger partial charge in [0, 0.05) is 38.9 Å². The van der Waals surface area contributed by atoms with Crippen LogP contribution in [0.1, 0.15) is 12.8 Å². The quantitative estimate of drug-likeness (QED) is 0.412. The van der Waals surface area contributed by atoms with Crippen LogP contribution in [0.2, 0.25) is 0 Å². The molecule has 0 bridgehead atoms. The van der Waals surface area contributed by atoms with Gasteiger partial charge in [0.05, 0.1) is 6.26 Å². The third kappa shape index (κ3) is 4.37. The number of amides is 3. The van der Waals surface area contributed by atoms with Crippen molar-refractivity contribution >= 4 is 35.4 Å². The predicted molar refractivity (Wildman–Crippen MR) is 132 cm³/mol. The number of anilines is 3. The minimum absolute atomic E-state index is 0.0120. The highest BCUT2D eigenvalue weighted by Crippen LogP contribution is 2.26. The van der Waals surface area contributed by atoms with Crippen LogP contribution in [-0.2, 0) is 4.79 Å². The molecule has 0 saturated carbocycles. The number of nitrogens with two attached hydrogens (primary N) is 1. The highest BCUT2D eigenvalue weighted by Gasteiger charge is 2.37. The molecule has 0 spiro atoms. The largest absolute Gasteiger partial charge is 0.461 e. The number of rotatable bonds is 4. The molecule has 4 aromatic heterocycles. The summed E-state index contributed by atoms with van der Waals surface area (Å²) in [5, 5.41) is 7.11. The van der Waals surface area contributed by atoms with Crippen molar-refractivity contribution in [2.24, 2.45) is 0 Å². The average molecular weight is 504 g/mol. The van der Waals surface area contributed by atoms with Gasteiger partial charge in [0.2, 0.25) is 23.6 Å². The number of hydrogen-bond donors (Lipinski definition) is 2. The number of furan rings is 1. The zero-order valence-corrected chi connectivity index (χ0v) is 19.9. The van der Waals surface area contributed by atoms with Gasteiger partial charge in [0.1, 0.15) is 11.9 Å². The summed E-state index contributed by atoms with van der Waals surface area (Å²) < 4.78 is 6.72. The van der Waals surface area contributed by atoms with Crippen LogP contribution in [0.15, 0.2) is 47.2 Å². The minimum atomic E-state index is -0.414. The van der Waals surface area contributed by atoms with Gasteiger partial charge < -0.3 is 24.9 Å². The van der Waals surface area contributed by atoms with E-state index in [0.29, 0.717) is 62.5 Å². The Hall–Kier alpha value is -4.75. The van der Waals surface area contributed by atoms with E-state index >= 15 is 0 Å². The monoisotopic (exact) mass is 503 g/mol. The molecule has 2 fully saturated rings. The third-order valence-electron chi connectivity index (χ3n) is 6.54. The summed E-state index contributed by atoms with van der Waals surface area (Å²) in [6, 6.07) is 8.17. The third-order valence-corrected chi connectivity index (χ3v) is 6.54. The van der Waals surface area contributed by atoms with Crippen LogP contribution in [0.4, 0.5) is 22.5 Å². The molecule has 14 heteroatoms. The van der Waals surface area contributed by atoms with E-state index in [1.165, 1.54) is 10.8 Å². The van der Waals surface area contributed by atoms with Gasteiger partial charge in [0.25, 0.3) is 5.78 Å². The SMILES string of the molecule is Nc1nc(N2CCC[C@H]2C(=O)N2CCN(C(=O)Nc3ccccn3)CC2)nc2nc(-c3ccco3)nn12. The highest BCUT2D eigenvalue weighted by molar-refractivity contribution is 5.89. The minimum Gasteiger partial charge on any atom is -0.461 e. The van der Waals surface area contributed by atoms with Gasteiger partial charge in [-0.15, -0.1) is 5.10 Å². The van der Waals surface area contributed by atoms with Gasteiger partial charge in [-0.25, -0.2) is 9.78 Å². The maximum Gasteiger partial charge on any atom is 0.323 e. The Bertz CT molecular complexity index is 1410. The van der Waals surface area contributed by atoms with Crippen molar-refractivity contribution in [3.8, 4) is 11.6 Å². The number of carbonyl (C=O) groups excluding carboxylic acids is 2. The Kier molecular flexibility index (Phi) is 5.75. The predicted octanol–water partition coefficient (Wildman–Crippen LogP) is 1.10. The Morgan fingerprint density at radius 1 is 1.00 bits per heavy atom. The molecule has 0 unspecified atom stereocenters. The van der Waals surface area contributed by atoms with E-state index in [4.69, 9.17) is 10.2 Å². The number of aromatic nitrogens is 6. The molecule has 1 atom stereocenters. The van der Waals surface area contributed by atoms with Crippen molar-refractivity contribution < 1.29 is 14.0 Å². The van der Waals surface area contributed by atoms with Gasteiger partial charge in [-0.1, -0.05) is 6.07 Å². The number of nitrogen functional groups attached to an aromatic ring is 1. The van der Waals surface area contributed by atoms with E-state index in [-0.39, 0.29) is 23.7 Å². The first-order valence-electron chi connectivity index (χ1n) is 12.0. The highest BCUT2D eigenvalue weighted by atomic mass is 16.3. The molecule has 4 aromatic rings. The smallest absolute Gasteiger partial charge is 0.323 e. The molecule has 190 valence electrons. The molecule has 6 rings (SSSR count). The van der Waals surface area contributed by atoms with Crippen LogP contribution in [0.5, 0.6) is 0 Å². The molecule has 3 amide bonds. The topological polar surface area (TPSA) is 164 Å². The first-order chi connectivity index (χ1) is 18.1. The number of piperazine rings is 1. The summed E-state index contributed by atoms with van der Waals surface area (Å²) in [4.78, 5) is 48.9. The zero-order chi connectivity index (χ0) is 25.4. The molecule has 2 saturated heterocycles. The molecule has 37 heavy (non-hydrogen) atoms. The second-order valence-electron chi connectivity index (χ2n) is 8.82. The van der Waals surface area contributed by atoms with Crippen LogP contribution in [0, 0.1) is 0 Å². The van der Waals surface area contributed by atoms with Gasteiger partial charge in [-0.2, -0.15) is 19.5 Å². The number of nitrogens with zero attached hydrogens (tertiary/aromatic N) is 9. The zero-order valence-electron chi connectivity index (χ0n) is 19.9. The fourth-order valence-electron chi connectivity index (χ4n) is 4.66. The first kappa shape index (κ1) is 22.7. The Morgan fingerprint density at radius 3 is 2.59 bits per heavy atom. The summed E-state index contributed by atoms with van der Waals surface area (Å²) >= 11 is 0. The van der Waals surface area contributed by atoms with Crippen LogP contribution in [-0.4, -0.2) is 90.1 Å². The lowest BCUT2D eigenvalue weighted by Crippen LogP contribution is -2.55. The fraction of sp³-hybridized carbons (Fsp3) is 0.348. The summed E-state index contributed by atoms with van der Waals surface area (Å²) in [6.07, 6.45) is 4.66. The Morgan fingerprint density at radius 2 is 1.84 bits per heavy atom. The van der Waals surface area contributed by atoms with E-state index in [2.05, 4.69) is 30.4 Å². The van der Waals surface area contributed by atoms with E-state index in [9.17, 15) is 9.59 Å². The van der Waals surface area contributed by atoms with Crippen molar-refractivity contribution in [2.75, 3.05) is 48.7 Å². The van der Waals surface area contributed by atoms with Gasteiger partial charge in [-0.05, 0) is 37.1 Å². The molecule has 3 N–H and O–H groups in total. The van der Waals surface area contributed by atoms with E-state index in [0.717, 1.165) is 6.42 Å². The lowest BCUT2D eigenvalue weighted by Gasteiger charge is -2.37. The van der Waals surface area contributed by atoms with Crippen molar-refractivity contribution in [1.82, 2.24) is 39.3 Å². The van der Waals surface area contributed by atoms with Crippen molar-refractivity contribution in [3.05, 3.63) is 42.8 Å². The maximum atomic E-state index is 13.5. The molecule has 0 radical (unpaired) electrons. The van der Waals surface area contributed by atoms with Crippen molar-refractivity contribution in [1.29, 1.82) is 0 Å². The Balaban J connectivity index is 1.14. The van der Waals surface area contributed by atoms with Gasteiger partial charge >= 0.3 is 6.03 Å². The number of carbonyl (C=O) groups is 2. The molecule has 0 aromatic carbocycles. The van der Waals surface area contributed by atoms with Crippen molar-refractivity contribution in [3.63, 3.8) is 0 Å². The lowest BCUT2D eigenvalue weighted by atomic mass is 10.1. The van der Waals surface area contributed by atoms with Crippen LogP contribution in [0.25, 0.3) is 17.4 Å². The number of urea groups is 1. The van der Waals surface area contributed by atoms with E-state index in [1.54, 1.807) is 40.3 Å². The second kappa shape index (κ2) is 9.37. The van der Waals surface area contributed by atoms with Gasteiger partial charge in [-0.3, -0.25) is 10.1 Å². The summed E-state index contributed by atoms with van der Waals surface area (Å²) in [7, 11) is 0. The summed E-state index contributed by atoms with van der Waals surface area (Å²) in [5.74, 6) is 2.06. The number of pyridine rings is 1.